The molecule has 0 aromatic carbocycles. The summed E-state index contributed by atoms with van der Waals surface area (Å²) in [5.74, 6) is 0. The Balaban J connectivity index is 2.34. The number of nitrogens with one attached hydrogen (secondary N) is 1. The quantitative estimate of drug-likeness (QED) is 0.652. The number of aryl methyl sites for hydroxylation is 1. The van der Waals surface area contributed by atoms with Crippen LogP contribution >= 0.6 is 43.2 Å². The first-order chi connectivity index (χ1) is 8.44. The van der Waals surface area contributed by atoms with Crippen LogP contribution in [0.1, 0.15) is 25.8 Å². The Morgan fingerprint density at radius 2 is 2.11 bits per heavy atom. The first-order valence-electron chi connectivity index (χ1n) is 6.08. The molecule has 0 aliphatic carbocycles. The van der Waals surface area contributed by atoms with E-state index < -0.39 is 0 Å². The van der Waals surface area contributed by atoms with E-state index in [1.807, 2.05) is 0 Å². The zero-order valence-corrected chi connectivity index (χ0v) is 15.2. The van der Waals surface area contributed by atoms with Crippen LogP contribution in [0.5, 0.6) is 0 Å². The van der Waals surface area contributed by atoms with E-state index in [4.69, 9.17) is 4.74 Å². The minimum absolute atomic E-state index is 0.307. The van der Waals surface area contributed by atoms with Crippen LogP contribution in [0.15, 0.2) is 13.6 Å². The molecule has 0 saturated heterocycles. The number of ether oxygens (including phenoxy) is 1. The van der Waals surface area contributed by atoms with Crippen LogP contribution < -0.4 is 5.32 Å². The smallest absolute Gasteiger partial charge is 0.0742 e. The third kappa shape index (κ3) is 6.15. The summed E-state index contributed by atoms with van der Waals surface area (Å²) < 4.78 is 7.47. The molecule has 1 aromatic heterocycles. The lowest BCUT2D eigenvalue weighted by molar-refractivity contribution is 0.193. The van der Waals surface area contributed by atoms with Gasteiger partial charge in [-0.25, -0.2) is 0 Å². The van der Waals surface area contributed by atoms with Crippen molar-refractivity contribution in [2.45, 2.75) is 26.7 Å². The number of rotatable bonds is 8. The molecule has 0 atom stereocenters. The molecule has 0 amide bonds. The maximum Gasteiger partial charge on any atom is 0.0742 e. The van der Waals surface area contributed by atoms with Crippen molar-refractivity contribution in [2.75, 3.05) is 26.8 Å². The van der Waals surface area contributed by atoms with Crippen LogP contribution in [0.2, 0.25) is 0 Å². The van der Waals surface area contributed by atoms with E-state index in [2.05, 4.69) is 57.1 Å². The van der Waals surface area contributed by atoms with Crippen molar-refractivity contribution in [3.63, 3.8) is 0 Å². The van der Waals surface area contributed by atoms with Gasteiger partial charge in [0.2, 0.25) is 0 Å². The van der Waals surface area contributed by atoms with Crippen LogP contribution in [-0.2, 0) is 11.2 Å². The monoisotopic (exact) mass is 397 g/mol. The second kappa shape index (κ2) is 8.00. The number of hydrogen-bond donors (Lipinski definition) is 1. The Bertz CT molecular complexity index is 366. The van der Waals surface area contributed by atoms with Crippen molar-refractivity contribution in [1.82, 2.24) is 5.32 Å². The normalized spacial score (nSPS) is 12.1. The summed E-state index contributed by atoms with van der Waals surface area (Å²) in [6.07, 6.45) is 2.29. The van der Waals surface area contributed by atoms with Gasteiger partial charge in [-0.3, -0.25) is 0 Å². The molecule has 1 N–H and O–H groups in total. The van der Waals surface area contributed by atoms with Gasteiger partial charge in [0, 0.05) is 20.2 Å². The summed E-state index contributed by atoms with van der Waals surface area (Å²) in [4.78, 5) is 0. The Hall–Kier alpha value is 0.580. The summed E-state index contributed by atoms with van der Waals surface area (Å²) in [5, 5.41) is 3.44. The van der Waals surface area contributed by atoms with E-state index in [0.29, 0.717) is 5.41 Å². The standard InChI is InChI=1S/C13H21Br2NOS/c1-13(2,9-16-6-7-17-3)5-4-10-8-11(14)18-12(10)15/h8,16H,4-7,9H2,1-3H3. The third-order valence-corrected chi connectivity index (χ3v) is 5.35. The average Bonchev–Trinajstić information content (AvgIpc) is 2.61. The molecule has 0 fully saturated rings. The highest BCUT2D eigenvalue weighted by Crippen LogP contribution is 2.34. The van der Waals surface area contributed by atoms with Crippen molar-refractivity contribution in [3.05, 3.63) is 19.2 Å². The molecule has 1 rings (SSSR count). The Labute approximate surface area is 131 Å². The zero-order valence-electron chi connectivity index (χ0n) is 11.2. The summed E-state index contributed by atoms with van der Waals surface area (Å²) in [6, 6.07) is 2.21. The minimum Gasteiger partial charge on any atom is -0.383 e. The van der Waals surface area contributed by atoms with Gasteiger partial charge in [0.15, 0.2) is 0 Å². The summed E-state index contributed by atoms with van der Waals surface area (Å²) in [7, 11) is 1.73. The van der Waals surface area contributed by atoms with Crippen molar-refractivity contribution in [1.29, 1.82) is 0 Å². The Morgan fingerprint density at radius 3 is 2.67 bits per heavy atom. The van der Waals surface area contributed by atoms with Gasteiger partial charge in [0.1, 0.15) is 0 Å². The molecular weight excluding hydrogens is 378 g/mol. The molecular formula is C13H21Br2NOS. The maximum absolute atomic E-state index is 5.03. The van der Waals surface area contributed by atoms with E-state index in [1.165, 1.54) is 19.6 Å². The van der Waals surface area contributed by atoms with Crippen molar-refractivity contribution in [2.24, 2.45) is 5.41 Å². The number of methoxy groups -OCH3 is 1. The molecule has 18 heavy (non-hydrogen) atoms. The number of halogens is 2. The van der Waals surface area contributed by atoms with Crippen molar-refractivity contribution in [3.8, 4) is 0 Å². The van der Waals surface area contributed by atoms with Gasteiger partial charge >= 0.3 is 0 Å². The molecule has 0 bridgehead atoms. The molecule has 1 aromatic rings. The molecule has 0 saturated carbocycles. The molecule has 2 nitrogen and oxygen atoms in total. The van der Waals surface area contributed by atoms with Crippen LogP contribution in [-0.4, -0.2) is 26.8 Å². The predicted molar refractivity (Wildman–Crippen MR) is 86.6 cm³/mol. The van der Waals surface area contributed by atoms with Gasteiger partial charge in [0.25, 0.3) is 0 Å². The Morgan fingerprint density at radius 1 is 1.39 bits per heavy atom. The van der Waals surface area contributed by atoms with Gasteiger partial charge in [-0.2, -0.15) is 0 Å². The summed E-state index contributed by atoms with van der Waals surface area (Å²) >= 11 is 8.88. The molecule has 5 heteroatoms. The fraction of sp³-hybridized carbons (Fsp3) is 0.692. The van der Waals surface area contributed by atoms with E-state index in [0.717, 1.165) is 26.1 Å². The summed E-state index contributed by atoms with van der Waals surface area (Å²) in [6.45, 7) is 7.34. The lowest BCUT2D eigenvalue weighted by Gasteiger charge is -2.25. The molecule has 0 radical (unpaired) electrons. The van der Waals surface area contributed by atoms with Crippen LogP contribution in [0, 0.1) is 5.41 Å². The molecule has 104 valence electrons. The fourth-order valence-electron chi connectivity index (χ4n) is 1.71. The van der Waals surface area contributed by atoms with Gasteiger partial charge in [-0.15, -0.1) is 11.3 Å². The highest BCUT2D eigenvalue weighted by molar-refractivity contribution is 9.12. The van der Waals surface area contributed by atoms with Gasteiger partial charge in [-0.1, -0.05) is 13.8 Å². The van der Waals surface area contributed by atoms with Gasteiger partial charge in [0.05, 0.1) is 14.2 Å². The topological polar surface area (TPSA) is 21.3 Å². The van der Waals surface area contributed by atoms with E-state index in [9.17, 15) is 0 Å². The summed E-state index contributed by atoms with van der Waals surface area (Å²) in [5.41, 5.74) is 1.71. The molecule has 0 aliphatic heterocycles. The number of hydrogen-bond acceptors (Lipinski definition) is 3. The average molecular weight is 399 g/mol. The second-order valence-corrected chi connectivity index (χ2v) is 8.93. The van der Waals surface area contributed by atoms with Crippen molar-refractivity contribution >= 4 is 43.2 Å². The molecule has 1 heterocycles. The Kier molecular flexibility index (Phi) is 7.39. The highest BCUT2D eigenvalue weighted by atomic mass is 79.9. The lowest BCUT2D eigenvalue weighted by Crippen LogP contribution is -2.31. The number of thiophene rings is 1. The van der Waals surface area contributed by atoms with E-state index >= 15 is 0 Å². The fourth-order valence-corrected chi connectivity index (χ4v) is 4.62. The SMILES string of the molecule is COCCNCC(C)(C)CCc1cc(Br)sc1Br. The first-order valence-corrected chi connectivity index (χ1v) is 8.48. The zero-order chi connectivity index (χ0) is 13.6. The van der Waals surface area contributed by atoms with Gasteiger partial charge < -0.3 is 10.1 Å². The van der Waals surface area contributed by atoms with Crippen molar-refractivity contribution < 1.29 is 4.74 Å². The second-order valence-electron chi connectivity index (χ2n) is 5.18. The molecule has 0 unspecified atom stereocenters. The van der Waals surface area contributed by atoms with Gasteiger partial charge in [-0.05, 0) is 61.7 Å². The maximum atomic E-state index is 5.03. The van der Waals surface area contributed by atoms with Crippen LogP contribution in [0.4, 0.5) is 0 Å². The largest absolute Gasteiger partial charge is 0.383 e. The third-order valence-electron chi connectivity index (χ3n) is 2.88. The molecule has 0 spiro atoms. The van der Waals surface area contributed by atoms with E-state index in [-0.39, 0.29) is 0 Å². The highest BCUT2D eigenvalue weighted by Gasteiger charge is 2.18. The minimum atomic E-state index is 0.307. The molecule has 0 aliphatic rings. The van der Waals surface area contributed by atoms with E-state index in [1.54, 1.807) is 18.4 Å². The first kappa shape index (κ1) is 16.6. The predicted octanol–water partition coefficient (Wildman–Crippen LogP) is 4.47. The van der Waals surface area contributed by atoms with Crippen LogP contribution in [0.25, 0.3) is 0 Å². The van der Waals surface area contributed by atoms with Crippen LogP contribution in [0.3, 0.4) is 0 Å². The lowest BCUT2D eigenvalue weighted by atomic mass is 9.86.